The minimum Gasteiger partial charge on any atom is -0.348 e. The molecule has 1 N–H and O–H groups in total. The average Bonchev–Trinajstić information content (AvgIpc) is 3.14. The number of carbonyl (C=O) groups excluding carboxylic acids is 1. The normalized spacial score (nSPS) is 13.9. The number of benzene rings is 1. The van der Waals surface area contributed by atoms with Gasteiger partial charge in [0.1, 0.15) is 5.82 Å². The highest BCUT2D eigenvalue weighted by atomic mass is 32.1. The van der Waals surface area contributed by atoms with E-state index >= 15 is 0 Å². The Labute approximate surface area is 134 Å². The quantitative estimate of drug-likeness (QED) is 0.785. The summed E-state index contributed by atoms with van der Waals surface area (Å²) < 4.78 is 16.1. The van der Waals surface area contributed by atoms with E-state index in [0.29, 0.717) is 46.6 Å². The molecular formula is C14H13FN6OS. The summed E-state index contributed by atoms with van der Waals surface area (Å²) in [6, 6.07) is 4.86. The third-order valence-corrected chi connectivity index (χ3v) is 4.91. The minimum atomic E-state index is -0.267. The van der Waals surface area contributed by atoms with Crippen molar-refractivity contribution in [3.63, 3.8) is 0 Å². The maximum Gasteiger partial charge on any atom is 0.289 e. The molecule has 7 nitrogen and oxygen atoms in total. The lowest BCUT2D eigenvalue weighted by atomic mass is 10.3. The van der Waals surface area contributed by atoms with Gasteiger partial charge in [-0.05, 0) is 12.1 Å². The number of fused-ring (bicyclic) bond motifs is 2. The molecule has 0 atom stereocenters. The van der Waals surface area contributed by atoms with E-state index in [4.69, 9.17) is 0 Å². The number of amides is 1. The summed E-state index contributed by atoms with van der Waals surface area (Å²) in [5, 5.41) is 11.5. The largest absolute Gasteiger partial charge is 0.348 e. The molecule has 1 aliphatic heterocycles. The van der Waals surface area contributed by atoms with Crippen molar-refractivity contribution < 1.29 is 9.18 Å². The molecule has 0 aliphatic carbocycles. The number of anilines is 1. The van der Waals surface area contributed by atoms with Gasteiger partial charge in [-0.2, -0.15) is 0 Å². The van der Waals surface area contributed by atoms with Gasteiger partial charge in [0.25, 0.3) is 5.91 Å². The van der Waals surface area contributed by atoms with Gasteiger partial charge in [-0.25, -0.2) is 9.37 Å². The van der Waals surface area contributed by atoms with Crippen molar-refractivity contribution in [2.75, 3.05) is 18.5 Å². The van der Waals surface area contributed by atoms with Crippen molar-refractivity contribution in [3.05, 3.63) is 35.7 Å². The summed E-state index contributed by atoms with van der Waals surface area (Å²) in [5.74, 6) is 0.544. The predicted molar refractivity (Wildman–Crippen MR) is 84.0 cm³/mol. The van der Waals surface area contributed by atoms with Gasteiger partial charge in [0, 0.05) is 20.1 Å². The first-order valence-corrected chi connectivity index (χ1v) is 7.91. The van der Waals surface area contributed by atoms with Crippen molar-refractivity contribution >= 4 is 32.6 Å². The molecule has 4 rings (SSSR count). The molecule has 1 aliphatic rings. The highest BCUT2D eigenvalue weighted by Gasteiger charge is 2.23. The van der Waals surface area contributed by atoms with Crippen molar-refractivity contribution in [3.8, 4) is 0 Å². The molecule has 1 amide bonds. The monoisotopic (exact) mass is 332 g/mol. The summed E-state index contributed by atoms with van der Waals surface area (Å²) in [5.41, 5.74) is 0.638. The molecule has 3 aromatic rings. The summed E-state index contributed by atoms with van der Waals surface area (Å²) >= 11 is 1.29. The van der Waals surface area contributed by atoms with Gasteiger partial charge in [-0.15, -0.1) is 10.2 Å². The number of hydrogen-bond acceptors (Lipinski definition) is 6. The fourth-order valence-electron chi connectivity index (χ4n) is 2.56. The van der Waals surface area contributed by atoms with Crippen LogP contribution in [0.3, 0.4) is 0 Å². The molecule has 3 heterocycles. The van der Waals surface area contributed by atoms with Gasteiger partial charge in [0.15, 0.2) is 11.0 Å². The molecule has 0 spiro atoms. The van der Waals surface area contributed by atoms with Crippen LogP contribution in [0.5, 0.6) is 0 Å². The maximum absolute atomic E-state index is 13.8. The first kappa shape index (κ1) is 14.1. The first-order chi connectivity index (χ1) is 11.1. The Kier molecular flexibility index (Phi) is 3.22. The van der Waals surface area contributed by atoms with E-state index in [1.165, 1.54) is 17.4 Å². The lowest BCUT2D eigenvalue weighted by Crippen LogP contribution is -2.36. The van der Waals surface area contributed by atoms with Crippen molar-refractivity contribution in [1.82, 2.24) is 25.1 Å². The Bertz CT molecular complexity index is 904. The van der Waals surface area contributed by atoms with E-state index in [9.17, 15) is 9.18 Å². The topological polar surface area (TPSA) is 75.9 Å². The molecule has 2 aromatic heterocycles. The molecule has 9 heteroatoms. The molecular weight excluding hydrogens is 319 g/mol. The zero-order valence-electron chi connectivity index (χ0n) is 12.3. The van der Waals surface area contributed by atoms with Gasteiger partial charge in [0.05, 0.1) is 16.8 Å². The summed E-state index contributed by atoms with van der Waals surface area (Å²) in [6.07, 6.45) is 0. The van der Waals surface area contributed by atoms with Crippen LogP contribution in [0, 0.1) is 5.82 Å². The molecule has 0 radical (unpaired) electrons. The number of nitrogens with zero attached hydrogens (tertiary/aromatic N) is 5. The molecule has 0 saturated heterocycles. The van der Waals surface area contributed by atoms with Crippen LogP contribution in [0.25, 0.3) is 10.2 Å². The van der Waals surface area contributed by atoms with Gasteiger partial charge in [-0.1, -0.05) is 17.4 Å². The van der Waals surface area contributed by atoms with Crippen LogP contribution in [0.15, 0.2) is 18.2 Å². The van der Waals surface area contributed by atoms with E-state index < -0.39 is 0 Å². The number of halogens is 1. The van der Waals surface area contributed by atoms with Crippen LogP contribution in [-0.4, -0.2) is 39.2 Å². The van der Waals surface area contributed by atoms with Gasteiger partial charge < -0.3 is 14.8 Å². The fourth-order valence-corrected chi connectivity index (χ4v) is 3.49. The SMILES string of the molecule is CN(Cc1nnc2n1CCNC2=O)c1nc2cccc(F)c2s1. The second-order valence-electron chi connectivity index (χ2n) is 5.29. The molecule has 0 fully saturated rings. The zero-order valence-corrected chi connectivity index (χ0v) is 13.1. The minimum absolute atomic E-state index is 0.209. The fraction of sp³-hybridized carbons (Fsp3) is 0.286. The molecule has 23 heavy (non-hydrogen) atoms. The van der Waals surface area contributed by atoms with Gasteiger partial charge in [0.2, 0.25) is 5.82 Å². The molecule has 0 saturated carbocycles. The third kappa shape index (κ3) is 2.33. The van der Waals surface area contributed by atoms with Crippen LogP contribution in [0.4, 0.5) is 9.52 Å². The van der Waals surface area contributed by atoms with Crippen molar-refractivity contribution in [1.29, 1.82) is 0 Å². The Morgan fingerprint density at radius 1 is 1.43 bits per heavy atom. The van der Waals surface area contributed by atoms with E-state index in [0.717, 1.165) is 0 Å². The van der Waals surface area contributed by atoms with Crippen LogP contribution in [0.1, 0.15) is 16.4 Å². The Balaban J connectivity index is 1.63. The third-order valence-electron chi connectivity index (χ3n) is 3.71. The van der Waals surface area contributed by atoms with E-state index in [2.05, 4.69) is 20.5 Å². The standard InChI is InChI=1S/C14H13FN6OS/c1-20(14-17-9-4-2-3-8(15)11(9)23-14)7-10-18-19-12-13(22)16-5-6-21(10)12/h2-4H,5-7H2,1H3,(H,16,22). The highest BCUT2D eigenvalue weighted by Crippen LogP contribution is 2.30. The molecule has 118 valence electrons. The predicted octanol–water partition coefficient (Wildman–Crippen LogP) is 1.41. The Hall–Kier alpha value is -2.55. The van der Waals surface area contributed by atoms with Crippen LogP contribution >= 0.6 is 11.3 Å². The van der Waals surface area contributed by atoms with Crippen LogP contribution in [0.2, 0.25) is 0 Å². The zero-order chi connectivity index (χ0) is 16.0. The van der Waals surface area contributed by atoms with Gasteiger partial charge in [-0.3, -0.25) is 4.79 Å². The van der Waals surface area contributed by atoms with Gasteiger partial charge >= 0.3 is 0 Å². The second kappa shape index (κ2) is 5.27. The van der Waals surface area contributed by atoms with Crippen molar-refractivity contribution in [2.45, 2.75) is 13.1 Å². The van der Waals surface area contributed by atoms with Crippen LogP contribution in [-0.2, 0) is 13.1 Å². The maximum atomic E-state index is 13.8. The smallest absolute Gasteiger partial charge is 0.289 e. The second-order valence-corrected chi connectivity index (χ2v) is 6.27. The molecule has 0 bridgehead atoms. The summed E-state index contributed by atoms with van der Waals surface area (Å²) in [7, 11) is 1.86. The Morgan fingerprint density at radius 2 is 2.30 bits per heavy atom. The number of carbonyl (C=O) groups is 1. The van der Waals surface area contributed by atoms with E-state index in [1.54, 1.807) is 12.1 Å². The first-order valence-electron chi connectivity index (χ1n) is 7.10. The lowest BCUT2D eigenvalue weighted by Gasteiger charge is -2.18. The number of hydrogen-bond donors (Lipinski definition) is 1. The summed E-state index contributed by atoms with van der Waals surface area (Å²) in [4.78, 5) is 18.0. The molecule has 1 aromatic carbocycles. The Morgan fingerprint density at radius 3 is 3.13 bits per heavy atom. The van der Waals surface area contributed by atoms with E-state index in [1.807, 2.05) is 16.5 Å². The number of nitrogens with one attached hydrogen (secondary N) is 1. The summed E-state index contributed by atoms with van der Waals surface area (Å²) in [6.45, 7) is 1.65. The average molecular weight is 332 g/mol. The number of aromatic nitrogens is 4. The molecule has 0 unspecified atom stereocenters. The van der Waals surface area contributed by atoms with E-state index in [-0.39, 0.29) is 11.7 Å². The number of rotatable bonds is 3. The highest BCUT2D eigenvalue weighted by molar-refractivity contribution is 7.22. The van der Waals surface area contributed by atoms with Crippen LogP contribution < -0.4 is 10.2 Å². The van der Waals surface area contributed by atoms with Crippen molar-refractivity contribution in [2.24, 2.45) is 0 Å². The number of thiazole rings is 1. The lowest BCUT2D eigenvalue weighted by molar-refractivity contribution is 0.0921.